The summed E-state index contributed by atoms with van der Waals surface area (Å²) in [7, 11) is -3.92. The SMILES string of the molecule is [2H]C([2H])([2H])C([2H])(C)C([2H])([2H])c1cc(-c2[c-]cccc2)ncc1[Si](C)(C)C.[2H]c1c([2H])c([2H])c(-c2cc(-c3[c-]cccc3)ncc2[Si](C)(C)C)c([2H])c1[2H].[Ir].[Ir]. The third-order valence-corrected chi connectivity index (χ3v) is 10.5. The van der Waals surface area contributed by atoms with Crippen molar-refractivity contribution in [3.63, 3.8) is 0 Å². The topological polar surface area (TPSA) is 25.8 Å². The van der Waals surface area contributed by atoms with E-state index in [0.29, 0.717) is 22.5 Å². The summed E-state index contributed by atoms with van der Waals surface area (Å²) in [4.78, 5) is 9.04. The van der Waals surface area contributed by atoms with Gasteiger partial charge in [-0.1, -0.05) is 101 Å². The molecule has 0 saturated carbocycles. The van der Waals surface area contributed by atoms with Crippen LogP contribution in [0.3, 0.4) is 0 Å². The van der Waals surface area contributed by atoms with Gasteiger partial charge in [0.1, 0.15) is 0 Å². The Morgan fingerprint density at radius 2 is 1.32 bits per heavy atom. The quantitative estimate of drug-likeness (QED) is 0.120. The number of pyridine rings is 2. The Balaban J connectivity index is 0.000000367. The van der Waals surface area contributed by atoms with Crippen LogP contribution in [-0.4, -0.2) is 26.1 Å². The van der Waals surface area contributed by atoms with Gasteiger partial charge in [0, 0.05) is 60.8 Å². The molecule has 2 radical (unpaired) electrons. The summed E-state index contributed by atoms with van der Waals surface area (Å²) < 4.78 is 89.2. The molecule has 44 heavy (non-hydrogen) atoms. The first kappa shape index (κ1) is 23.9. The molecule has 0 aliphatic heterocycles. The minimum absolute atomic E-state index is 0. The zero-order valence-corrected chi connectivity index (χ0v) is 32.8. The van der Waals surface area contributed by atoms with Crippen molar-refractivity contribution in [3.05, 3.63) is 121 Å². The first-order valence-corrected chi connectivity index (χ1v) is 20.9. The molecule has 6 heteroatoms. The number of rotatable bonds is 7. The van der Waals surface area contributed by atoms with Gasteiger partial charge in [0.15, 0.2) is 0 Å². The van der Waals surface area contributed by atoms with Gasteiger partial charge in [-0.2, -0.15) is 0 Å². The third kappa shape index (κ3) is 10.4. The van der Waals surface area contributed by atoms with Crippen LogP contribution in [0.1, 0.15) is 34.4 Å². The van der Waals surface area contributed by atoms with Crippen LogP contribution >= 0.6 is 0 Å². The van der Waals surface area contributed by atoms with Crippen molar-refractivity contribution in [1.29, 1.82) is 0 Å². The Labute approximate surface area is 310 Å². The Morgan fingerprint density at radius 3 is 1.80 bits per heavy atom. The maximum absolute atomic E-state index is 8.61. The Hall–Kier alpha value is -2.31. The summed E-state index contributed by atoms with van der Waals surface area (Å²) in [5.41, 5.74) is 3.83. The fourth-order valence-electron chi connectivity index (χ4n) is 4.40. The first-order chi connectivity index (χ1) is 24.3. The largest absolute Gasteiger partial charge is 0.305 e. The molecule has 0 amide bonds. The first-order valence-electron chi connectivity index (χ1n) is 19.4. The minimum atomic E-state index is -2.77. The van der Waals surface area contributed by atoms with Crippen molar-refractivity contribution in [2.24, 2.45) is 5.89 Å². The van der Waals surface area contributed by atoms with Gasteiger partial charge in [0.2, 0.25) is 0 Å². The van der Waals surface area contributed by atoms with Crippen molar-refractivity contribution in [2.45, 2.75) is 59.4 Å². The fourth-order valence-corrected chi connectivity index (χ4v) is 7.25. The number of aromatic nitrogens is 2. The molecule has 3 aromatic carbocycles. The third-order valence-electron chi connectivity index (χ3n) is 6.49. The maximum atomic E-state index is 8.61. The standard InChI is InChI=1S/C20H20NSi.C18H24NSi.2Ir/c1-22(2,3)20-15-21-19(17-12-8-5-9-13-17)14-18(20)16-10-6-4-7-11-16;1-14(2)11-16-12-17(15-9-7-6-8-10-15)19-13-18(16)20(3,4)5;;/h4-12,14-15H,1-3H3;6-9,12-14H,11H2,1-5H3;;/q2*-1;;/i4D,6D,7D,10D,11D;1D3,11D2,14D;;. The monoisotopic (exact) mass is 981 g/mol. The number of nitrogens with zero attached hydrogens (tertiary/aromatic N) is 2. The summed E-state index contributed by atoms with van der Waals surface area (Å²) in [5, 5.41) is 1.69. The average Bonchev–Trinajstić information content (AvgIpc) is 3.09. The average molecular weight is 980 g/mol. The molecule has 0 saturated heterocycles. The van der Waals surface area contributed by atoms with Gasteiger partial charge in [0.25, 0.3) is 0 Å². The zero-order chi connectivity index (χ0) is 39.9. The van der Waals surface area contributed by atoms with Crippen LogP contribution < -0.4 is 10.4 Å². The predicted octanol–water partition coefficient (Wildman–Crippen LogP) is 9.05. The molecule has 2 aromatic heterocycles. The normalized spacial score (nSPS) is 16.7. The van der Waals surface area contributed by atoms with Crippen molar-refractivity contribution >= 4 is 26.5 Å². The zero-order valence-electron chi connectivity index (χ0n) is 37.0. The van der Waals surface area contributed by atoms with Gasteiger partial charge >= 0.3 is 0 Å². The number of benzene rings is 3. The van der Waals surface area contributed by atoms with Crippen LogP contribution in [0.2, 0.25) is 39.3 Å². The van der Waals surface area contributed by atoms with E-state index in [1.165, 1.54) is 0 Å². The van der Waals surface area contributed by atoms with E-state index in [2.05, 4.69) is 61.4 Å². The summed E-state index contributed by atoms with van der Waals surface area (Å²) in [6.45, 7) is 11.0. The van der Waals surface area contributed by atoms with Crippen molar-refractivity contribution in [1.82, 2.24) is 9.97 Å². The molecule has 5 aromatic rings. The molecular formula is C38H44Ir2N2Si2-2. The van der Waals surface area contributed by atoms with Crippen molar-refractivity contribution in [3.8, 4) is 33.6 Å². The summed E-state index contributed by atoms with van der Waals surface area (Å²) >= 11 is 0. The van der Waals surface area contributed by atoms with E-state index in [1.54, 1.807) is 30.6 Å². The van der Waals surface area contributed by atoms with Gasteiger partial charge in [-0.05, 0) is 45.2 Å². The van der Waals surface area contributed by atoms with E-state index in [1.807, 2.05) is 42.5 Å². The van der Waals surface area contributed by atoms with E-state index in [-0.39, 0.29) is 81.5 Å². The van der Waals surface area contributed by atoms with E-state index < -0.39 is 35.3 Å². The summed E-state index contributed by atoms with van der Waals surface area (Å²) in [5.74, 6) is -2.30. The molecule has 0 spiro atoms. The van der Waals surface area contributed by atoms with E-state index in [0.717, 1.165) is 22.9 Å². The molecule has 234 valence electrons. The molecular weight excluding hydrogens is 925 g/mol. The molecule has 1 atom stereocenters. The van der Waals surface area contributed by atoms with Crippen LogP contribution in [-0.2, 0) is 46.6 Å². The van der Waals surface area contributed by atoms with Crippen LogP contribution in [0, 0.1) is 18.0 Å². The summed E-state index contributed by atoms with van der Waals surface area (Å²) in [6.07, 6.45) is 1.06. The van der Waals surface area contributed by atoms with Gasteiger partial charge in [0.05, 0.1) is 23.0 Å². The number of hydrogen-bond donors (Lipinski definition) is 0. The van der Waals surface area contributed by atoms with Gasteiger partial charge in [-0.3, -0.25) is 0 Å². The van der Waals surface area contributed by atoms with Crippen molar-refractivity contribution in [2.75, 3.05) is 0 Å². The molecule has 2 heterocycles. The van der Waals surface area contributed by atoms with E-state index >= 15 is 0 Å². The van der Waals surface area contributed by atoms with Crippen LogP contribution in [0.25, 0.3) is 33.6 Å². The molecule has 0 fully saturated rings. The molecule has 2 nitrogen and oxygen atoms in total. The minimum Gasteiger partial charge on any atom is -0.305 e. The van der Waals surface area contributed by atoms with Crippen LogP contribution in [0.5, 0.6) is 0 Å². The molecule has 0 aliphatic carbocycles. The fraction of sp³-hybridized carbons (Fsp3) is 0.263. The molecule has 0 aliphatic rings. The van der Waals surface area contributed by atoms with Gasteiger partial charge in [-0.15, -0.1) is 71.8 Å². The molecule has 0 bridgehead atoms. The van der Waals surface area contributed by atoms with Crippen LogP contribution in [0.4, 0.5) is 0 Å². The second-order valence-corrected chi connectivity index (χ2v) is 22.1. The van der Waals surface area contributed by atoms with E-state index in [9.17, 15) is 0 Å². The van der Waals surface area contributed by atoms with Crippen LogP contribution in [0.15, 0.2) is 103 Å². The number of hydrogen-bond acceptors (Lipinski definition) is 2. The predicted molar refractivity (Wildman–Crippen MR) is 187 cm³/mol. The van der Waals surface area contributed by atoms with Gasteiger partial charge < -0.3 is 9.97 Å². The second-order valence-electron chi connectivity index (χ2n) is 12.0. The molecule has 1 unspecified atom stereocenters. The van der Waals surface area contributed by atoms with E-state index in [4.69, 9.17) is 15.1 Å². The van der Waals surface area contributed by atoms with Crippen molar-refractivity contribution < 1.29 is 55.3 Å². The maximum Gasteiger partial charge on any atom is 0.0803 e. The van der Waals surface area contributed by atoms with Gasteiger partial charge in [-0.25, -0.2) is 0 Å². The molecule has 5 rings (SSSR count). The second kappa shape index (κ2) is 16.8. The Bertz CT molecular complexity index is 2070. The summed E-state index contributed by atoms with van der Waals surface area (Å²) in [6, 6.07) is 22.9. The Morgan fingerprint density at radius 1 is 0.795 bits per heavy atom. The molecule has 0 N–H and O–H groups in total. The smallest absolute Gasteiger partial charge is 0.0803 e. The Kier molecular flexibility index (Phi) is 9.17.